The molecule has 1 fully saturated rings. The average molecular weight is 261 g/mol. The van der Waals surface area contributed by atoms with Gasteiger partial charge in [-0.15, -0.1) is 0 Å². The molecule has 2 atom stereocenters. The fourth-order valence-corrected chi connectivity index (χ4v) is 2.91. The number of likely N-dealkylation sites (tertiary alicyclic amines) is 1. The molecule has 0 aliphatic carbocycles. The summed E-state index contributed by atoms with van der Waals surface area (Å²) < 4.78 is 0. The van der Waals surface area contributed by atoms with Crippen LogP contribution in [0.3, 0.4) is 0 Å². The number of hydrogen-bond donors (Lipinski definition) is 1. The smallest absolute Gasteiger partial charge is 0.254 e. The lowest BCUT2D eigenvalue weighted by Gasteiger charge is -2.28. The Morgan fingerprint density at radius 1 is 1.47 bits per heavy atom. The number of carbonyl (C=O) groups excluding carboxylic acids is 1. The van der Waals surface area contributed by atoms with Crippen molar-refractivity contribution < 1.29 is 4.79 Å². The van der Waals surface area contributed by atoms with E-state index in [-0.39, 0.29) is 5.91 Å². The van der Waals surface area contributed by atoms with E-state index in [9.17, 15) is 4.79 Å². The maximum Gasteiger partial charge on any atom is 0.254 e. The molecule has 0 aromatic carbocycles. The molecule has 4 heteroatoms. The number of nitrogens with zero attached hydrogens (tertiary/aromatic N) is 2. The summed E-state index contributed by atoms with van der Waals surface area (Å²) in [6, 6.07) is 4.44. The monoisotopic (exact) mass is 261 g/mol. The van der Waals surface area contributed by atoms with Crippen LogP contribution in [0, 0.1) is 6.92 Å². The molecule has 0 bridgehead atoms. The van der Waals surface area contributed by atoms with Crippen molar-refractivity contribution in [3.8, 4) is 0 Å². The summed E-state index contributed by atoms with van der Waals surface area (Å²) in [7, 11) is 1.82. The van der Waals surface area contributed by atoms with Gasteiger partial charge in [-0.25, -0.2) is 4.98 Å². The predicted molar refractivity (Wildman–Crippen MR) is 77.5 cm³/mol. The lowest BCUT2D eigenvalue weighted by atomic mass is 10.1. The van der Waals surface area contributed by atoms with Gasteiger partial charge in [0, 0.05) is 30.4 Å². The van der Waals surface area contributed by atoms with Crippen LogP contribution in [0.5, 0.6) is 0 Å². The van der Waals surface area contributed by atoms with E-state index in [1.165, 1.54) is 0 Å². The minimum absolute atomic E-state index is 0.138. The van der Waals surface area contributed by atoms with Crippen molar-refractivity contribution in [2.24, 2.45) is 0 Å². The topological polar surface area (TPSA) is 45.2 Å². The molecule has 1 aliphatic heterocycles. The van der Waals surface area contributed by atoms with Gasteiger partial charge in [-0.3, -0.25) is 4.79 Å². The molecule has 1 saturated heterocycles. The van der Waals surface area contributed by atoms with Gasteiger partial charge < -0.3 is 10.2 Å². The molecule has 19 heavy (non-hydrogen) atoms. The van der Waals surface area contributed by atoms with Gasteiger partial charge in [0.2, 0.25) is 0 Å². The van der Waals surface area contributed by atoms with E-state index in [0.717, 1.165) is 36.3 Å². The molecular weight excluding hydrogens is 238 g/mol. The Hall–Kier alpha value is -1.58. The second-order valence-corrected chi connectivity index (χ2v) is 5.33. The average Bonchev–Trinajstić information content (AvgIpc) is 2.78. The fraction of sp³-hybridized carbons (Fsp3) is 0.600. The van der Waals surface area contributed by atoms with E-state index in [2.05, 4.69) is 24.1 Å². The second kappa shape index (κ2) is 5.59. The zero-order valence-electron chi connectivity index (χ0n) is 12.2. The minimum Gasteiger partial charge on any atom is -0.373 e. The van der Waals surface area contributed by atoms with Crippen LogP contribution in [-0.4, -0.2) is 34.9 Å². The SMILES string of the molecule is CCC1CCC(C)N1C(=O)c1cc(C)nc(NC)c1. The van der Waals surface area contributed by atoms with Gasteiger partial charge in [-0.05, 0) is 45.2 Å². The predicted octanol–water partition coefficient (Wildman–Crippen LogP) is 2.83. The molecule has 1 aliphatic rings. The van der Waals surface area contributed by atoms with Gasteiger partial charge in [0.05, 0.1) is 0 Å². The molecule has 0 saturated carbocycles. The highest BCUT2D eigenvalue weighted by Crippen LogP contribution is 2.28. The lowest BCUT2D eigenvalue weighted by Crippen LogP contribution is -2.39. The molecule has 2 heterocycles. The first-order valence-electron chi connectivity index (χ1n) is 7.06. The molecule has 1 N–H and O–H groups in total. The van der Waals surface area contributed by atoms with Crippen molar-refractivity contribution in [2.45, 2.75) is 52.1 Å². The molecule has 104 valence electrons. The summed E-state index contributed by atoms with van der Waals surface area (Å²) in [5, 5.41) is 3.01. The van der Waals surface area contributed by atoms with E-state index < -0.39 is 0 Å². The highest BCUT2D eigenvalue weighted by Gasteiger charge is 2.33. The molecular formula is C15H23N3O. The summed E-state index contributed by atoms with van der Waals surface area (Å²) in [4.78, 5) is 19.1. The van der Waals surface area contributed by atoms with Crippen LogP contribution >= 0.6 is 0 Å². The van der Waals surface area contributed by atoms with Crippen LogP contribution in [0.25, 0.3) is 0 Å². The lowest BCUT2D eigenvalue weighted by molar-refractivity contribution is 0.0676. The third kappa shape index (κ3) is 2.72. The largest absolute Gasteiger partial charge is 0.373 e. The van der Waals surface area contributed by atoms with Crippen molar-refractivity contribution in [1.82, 2.24) is 9.88 Å². The Balaban J connectivity index is 2.30. The molecule has 2 unspecified atom stereocenters. The number of hydrogen-bond acceptors (Lipinski definition) is 3. The molecule has 1 aromatic rings. The quantitative estimate of drug-likeness (QED) is 0.910. The molecule has 1 amide bonds. The highest BCUT2D eigenvalue weighted by molar-refractivity contribution is 5.95. The van der Waals surface area contributed by atoms with Crippen molar-refractivity contribution in [2.75, 3.05) is 12.4 Å². The summed E-state index contributed by atoms with van der Waals surface area (Å²) in [5.41, 5.74) is 1.61. The Morgan fingerprint density at radius 3 is 2.84 bits per heavy atom. The number of amides is 1. The van der Waals surface area contributed by atoms with E-state index in [0.29, 0.717) is 12.1 Å². The number of anilines is 1. The third-order valence-corrected chi connectivity index (χ3v) is 3.95. The van der Waals surface area contributed by atoms with E-state index in [1.54, 1.807) is 0 Å². The van der Waals surface area contributed by atoms with Gasteiger partial charge in [-0.2, -0.15) is 0 Å². The first-order chi connectivity index (χ1) is 9.06. The molecule has 1 aromatic heterocycles. The van der Waals surface area contributed by atoms with E-state index in [1.807, 2.05) is 31.0 Å². The maximum atomic E-state index is 12.7. The molecule has 4 nitrogen and oxygen atoms in total. The van der Waals surface area contributed by atoms with Gasteiger partial charge in [-0.1, -0.05) is 6.92 Å². The van der Waals surface area contributed by atoms with Crippen LogP contribution < -0.4 is 5.32 Å². The van der Waals surface area contributed by atoms with Crippen LogP contribution in [0.2, 0.25) is 0 Å². The number of aromatic nitrogens is 1. The van der Waals surface area contributed by atoms with Crippen LogP contribution in [0.15, 0.2) is 12.1 Å². The molecule has 2 rings (SSSR count). The number of nitrogens with one attached hydrogen (secondary N) is 1. The van der Waals surface area contributed by atoms with Crippen LogP contribution in [-0.2, 0) is 0 Å². The minimum atomic E-state index is 0.138. The Labute approximate surface area is 115 Å². The molecule has 0 radical (unpaired) electrons. The zero-order valence-corrected chi connectivity index (χ0v) is 12.2. The number of aryl methyl sites for hydroxylation is 1. The summed E-state index contributed by atoms with van der Waals surface area (Å²) in [5.74, 6) is 0.891. The summed E-state index contributed by atoms with van der Waals surface area (Å²) in [6.07, 6.45) is 3.25. The Morgan fingerprint density at radius 2 is 2.21 bits per heavy atom. The maximum absolute atomic E-state index is 12.7. The summed E-state index contributed by atoms with van der Waals surface area (Å²) in [6.45, 7) is 6.21. The van der Waals surface area contributed by atoms with E-state index >= 15 is 0 Å². The zero-order chi connectivity index (χ0) is 14.0. The number of pyridine rings is 1. The normalized spacial score (nSPS) is 22.6. The van der Waals surface area contributed by atoms with Gasteiger partial charge in [0.25, 0.3) is 5.91 Å². The van der Waals surface area contributed by atoms with Crippen molar-refractivity contribution in [3.63, 3.8) is 0 Å². The van der Waals surface area contributed by atoms with E-state index in [4.69, 9.17) is 0 Å². The van der Waals surface area contributed by atoms with Crippen LogP contribution in [0.4, 0.5) is 5.82 Å². The van der Waals surface area contributed by atoms with Crippen molar-refractivity contribution >= 4 is 11.7 Å². The first-order valence-corrected chi connectivity index (χ1v) is 7.06. The van der Waals surface area contributed by atoms with Gasteiger partial charge in [0.15, 0.2) is 0 Å². The van der Waals surface area contributed by atoms with Gasteiger partial charge in [0.1, 0.15) is 5.82 Å². The summed E-state index contributed by atoms with van der Waals surface area (Å²) >= 11 is 0. The third-order valence-electron chi connectivity index (χ3n) is 3.95. The first kappa shape index (κ1) is 13.8. The van der Waals surface area contributed by atoms with Crippen molar-refractivity contribution in [1.29, 1.82) is 0 Å². The second-order valence-electron chi connectivity index (χ2n) is 5.33. The Kier molecular flexibility index (Phi) is 4.08. The molecule has 0 spiro atoms. The Bertz CT molecular complexity index is 472. The highest BCUT2D eigenvalue weighted by atomic mass is 16.2. The fourth-order valence-electron chi connectivity index (χ4n) is 2.91. The standard InChI is InChI=1S/C15H23N3O/c1-5-13-7-6-11(3)18(13)15(19)12-8-10(2)17-14(9-12)16-4/h8-9,11,13H,5-7H2,1-4H3,(H,16,17). The van der Waals surface area contributed by atoms with Crippen LogP contribution in [0.1, 0.15) is 49.2 Å². The number of carbonyl (C=O) groups is 1. The van der Waals surface area contributed by atoms with Gasteiger partial charge >= 0.3 is 0 Å². The number of rotatable bonds is 3. The van der Waals surface area contributed by atoms with Crippen molar-refractivity contribution in [3.05, 3.63) is 23.4 Å².